The third kappa shape index (κ3) is 7.12. The summed E-state index contributed by atoms with van der Waals surface area (Å²) < 4.78 is 5.94. The Morgan fingerprint density at radius 3 is 2.53 bits per heavy atom. The molecule has 0 unspecified atom stereocenters. The number of hydrogen-bond donors (Lipinski definition) is 2. The maximum atomic E-state index is 11.6. The molecule has 3 aromatic carbocycles. The van der Waals surface area contributed by atoms with Crippen molar-refractivity contribution in [2.75, 3.05) is 39.7 Å². The number of fused-ring (bicyclic) bond motifs is 1. The predicted octanol–water partition coefficient (Wildman–Crippen LogP) is 5.76. The van der Waals surface area contributed by atoms with Crippen molar-refractivity contribution in [1.29, 1.82) is 0 Å². The molecule has 7 heteroatoms. The van der Waals surface area contributed by atoms with Crippen LogP contribution in [0, 0.1) is 0 Å². The number of H-pyrrole nitrogens is 1. The number of likely N-dealkylation sites (N-methyl/N-ethyl adjacent to an activating group) is 1. The molecule has 1 amide bonds. The van der Waals surface area contributed by atoms with E-state index in [4.69, 9.17) is 16.3 Å². The van der Waals surface area contributed by atoms with Gasteiger partial charge in [-0.05, 0) is 58.5 Å². The Hall–Kier alpha value is -3.87. The zero-order valence-electron chi connectivity index (χ0n) is 21.8. The number of ether oxygens (including phenoxy) is 1. The Kier molecular flexibility index (Phi) is 9.73. The van der Waals surface area contributed by atoms with Crippen LogP contribution in [0.5, 0.6) is 5.75 Å². The lowest BCUT2D eigenvalue weighted by Gasteiger charge is -2.17. The molecule has 1 heterocycles. The van der Waals surface area contributed by atoms with E-state index in [2.05, 4.69) is 70.1 Å². The smallest absolute Gasteiger partial charge is 0.245 e. The Morgan fingerprint density at radius 1 is 1.03 bits per heavy atom. The van der Waals surface area contributed by atoms with E-state index in [9.17, 15) is 4.79 Å². The minimum absolute atomic E-state index is 0.0253. The van der Waals surface area contributed by atoms with Gasteiger partial charge in [-0.25, -0.2) is 0 Å². The lowest BCUT2D eigenvalue weighted by Crippen LogP contribution is -2.22. The van der Waals surface area contributed by atoms with E-state index in [0.29, 0.717) is 25.6 Å². The van der Waals surface area contributed by atoms with E-state index in [1.165, 1.54) is 10.5 Å². The van der Waals surface area contributed by atoms with Crippen molar-refractivity contribution in [2.45, 2.75) is 6.42 Å². The largest absolute Gasteiger partial charge is 0.492 e. The van der Waals surface area contributed by atoms with Crippen LogP contribution in [0.3, 0.4) is 0 Å². The first-order valence-corrected chi connectivity index (χ1v) is 13.2. The summed E-state index contributed by atoms with van der Waals surface area (Å²) in [5.41, 5.74) is 6.71. The minimum Gasteiger partial charge on any atom is -0.492 e. The van der Waals surface area contributed by atoms with Crippen molar-refractivity contribution in [3.63, 3.8) is 0 Å². The first kappa shape index (κ1) is 27.2. The number of aromatic nitrogens is 2. The normalized spacial score (nSPS) is 12.1. The zero-order valence-corrected chi connectivity index (χ0v) is 22.5. The minimum atomic E-state index is -0.0253. The van der Waals surface area contributed by atoms with E-state index < -0.39 is 0 Å². The van der Waals surface area contributed by atoms with Gasteiger partial charge in [0.15, 0.2) is 0 Å². The highest BCUT2D eigenvalue weighted by molar-refractivity contribution is 6.18. The summed E-state index contributed by atoms with van der Waals surface area (Å²) >= 11 is 6.30. The van der Waals surface area contributed by atoms with E-state index >= 15 is 0 Å². The predicted molar refractivity (Wildman–Crippen MR) is 156 cm³/mol. The number of carbonyl (C=O) groups excluding carboxylic acids is 1. The van der Waals surface area contributed by atoms with Gasteiger partial charge in [-0.3, -0.25) is 9.89 Å². The summed E-state index contributed by atoms with van der Waals surface area (Å²) in [7, 11) is 3.47. The molecular weight excluding hydrogens is 496 g/mol. The Labute approximate surface area is 229 Å². The quantitative estimate of drug-likeness (QED) is 0.106. The maximum absolute atomic E-state index is 11.6. The molecule has 0 bridgehead atoms. The molecule has 0 spiro atoms. The van der Waals surface area contributed by atoms with Gasteiger partial charge < -0.3 is 15.0 Å². The maximum Gasteiger partial charge on any atom is 0.245 e. The molecule has 0 saturated carbocycles. The van der Waals surface area contributed by atoms with Crippen LogP contribution in [0.15, 0.2) is 91.1 Å². The van der Waals surface area contributed by atoms with Crippen LogP contribution < -0.4 is 10.1 Å². The van der Waals surface area contributed by atoms with Crippen LogP contribution in [0.1, 0.15) is 23.1 Å². The molecule has 196 valence electrons. The number of aromatic amines is 1. The number of carbonyl (C=O) groups is 1. The van der Waals surface area contributed by atoms with Crippen LogP contribution in [0.2, 0.25) is 0 Å². The molecule has 0 aliphatic rings. The average Bonchev–Trinajstić information content (AvgIpc) is 3.41. The monoisotopic (exact) mass is 528 g/mol. The molecule has 0 atom stereocenters. The number of alkyl halides is 1. The van der Waals surface area contributed by atoms with E-state index in [1.807, 2.05) is 30.5 Å². The molecule has 0 fully saturated rings. The molecular formula is C31H33ClN4O2. The third-order valence-electron chi connectivity index (χ3n) is 6.15. The number of nitrogens with zero attached hydrogens (tertiary/aromatic N) is 2. The van der Waals surface area contributed by atoms with Crippen molar-refractivity contribution < 1.29 is 9.53 Å². The Morgan fingerprint density at radius 2 is 1.79 bits per heavy atom. The molecule has 1 aromatic heterocycles. The van der Waals surface area contributed by atoms with Crippen LogP contribution in [-0.4, -0.2) is 60.7 Å². The molecule has 4 aromatic rings. The number of allylic oxidation sites excluding steroid dienone is 1. The molecule has 0 aliphatic heterocycles. The number of halogens is 1. The fraction of sp³-hybridized carbons (Fsp3) is 0.226. The van der Waals surface area contributed by atoms with Crippen LogP contribution >= 0.6 is 11.6 Å². The SMILES string of the molecule is CN(C)C(=O)C=CCNCCOc1ccc(C(=C(CCCl)c2ccccc2)c2ccc3[nH]ncc3c2)cc1. The molecule has 0 aliphatic carbocycles. The number of rotatable bonds is 12. The van der Waals surface area contributed by atoms with E-state index in [0.717, 1.165) is 45.3 Å². The van der Waals surface area contributed by atoms with E-state index in [-0.39, 0.29) is 5.91 Å². The molecule has 2 N–H and O–H groups in total. The summed E-state index contributed by atoms with van der Waals surface area (Å²) in [6, 6.07) is 25.0. The molecule has 38 heavy (non-hydrogen) atoms. The van der Waals surface area contributed by atoms with Crippen molar-refractivity contribution in [2.24, 2.45) is 0 Å². The third-order valence-corrected chi connectivity index (χ3v) is 6.34. The van der Waals surface area contributed by atoms with E-state index in [1.54, 1.807) is 20.2 Å². The van der Waals surface area contributed by atoms with Crippen LogP contribution in [-0.2, 0) is 4.79 Å². The van der Waals surface area contributed by atoms with Gasteiger partial charge in [0.2, 0.25) is 5.91 Å². The Balaban J connectivity index is 1.53. The highest BCUT2D eigenvalue weighted by Gasteiger charge is 2.15. The first-order chi connectivity index (χ1) is 18.6. The first-order valence-electron chi connectivity index (χ1n) is 12.7. The van der Waals surface area contributed by atoms with Crippen LogP contribution in [0.4, 0.5) is 0 Å². The highest BCUT2D eigenvalue weighted by Crippen LogP contribution is 2.36. The van der Waals surface area contributed by atoms with Crippen LogP contribution in [0.25, 0.3) is 22.0 Å². The fourth-order valence-corrected chi connectivity index (χ4v) is 4.40. The second-order valence-electron chi connectivity index (χ2n) is 9.04. The average molecular weight is 529 g/mol. The number of benzene rings is 3. The molecule has 0 radical (unpaired) electrons. The van der Waals surface area contributed by atoms with Gasteiger partial charge in [-0.1, -0.05) is 54.6 Å². The molecule has 6 nitrogen and oxygen atoms in total. The van der Waals surface area contributed by atoms with Gasteiger partial charge in [0.05, 0.1) is 11.7 Å². The van der Waals surface area contributed by atoms with Crippen molar-refractivity contribution >= 4 is 39.6 Å². The van der Waals surface area contributed by atoms with Gasteiger partial charge >= 0.3 is 0 Å². The van der Waals surface area contributed by atoms with Gasteiger partial charge in [-0.15, -0.1) is 11.6 Å². The molecule has 0 saturated heterocycles. The number of amides is 1. The summed E-state index contributed by atoms with van der Waals surface area (Å²) in [5, 5.41) is 11.5. The second-order valence-corrected chi connectivity index (χ2v) is 9.42. The Bertz CT molecular complexity index is 1390. The lowest BCUT2D eigenvalue weighted by molar-refractivity contribution is -0.123. The summed E-state index contributed by atoms with van der Waals surface area (Å²) in [6.45, 7) is 1.81. The van der Waals surface area contributed by atoms with Gasteiger partial charge in [-0.2, -0.15) is 5.10 Å². The fourth-order valence-electron chi connectivity index (χ4n) is 4.21. The van der Waals surface area contributed by atoms with Crippen molar-refractivity contribution in [3.05, 3.63) is 108 Å². The highest BCUT2D eigenvalue weighted by atomic mass is 35.5. The van der Waals surface area contributed by atoms with Crippen molar-refractivity contribution in [1.82, 2.24) is 20.4 Å². The second kappa shape index (κ2) is 13.6. The zero-order chi connectivity index (χ0) is 26.7. The van der Waals surface area contributed by atoms with Gasteiger partial charge in [0, 0.05) is 44.5 Å². The number of nitrogens with one attached hydrogen (secondary N) is 2. The van der Waals surface area contributed by atoms with Gasteiger partial charge in [0.1, 0.15) is 12.4 Å². The summed E-state index contributed by atoms with van der Waals surface area (Å²) in [5.74, 6) is 1.30. The summed E-state index contributed by atoms with van der Waals surface area (Å²) in [6.07, 6.45) is 5.97. The topological polar surface area (TPSA) is 70.2 Å². The standard InChI is InChI=1S/C31H33ClN4O2/c1-36(2)30(37)9-6-18-33-19-20-38-27-13-10-24(11-14-27)31(25-12-15-29-26(21-25)22-34-35-29)28(16-17-32)23-7-4-3-5-8-23/h3-15,21-22,33H,16-20H2,1-2H3,(H,34,35). The number of hydrogen-bond acceptors (Lipinski definition) is 4. The van der Waals surface area contributed by atoms with Crippen molar-refractivity contribution in [3.8, 4) is 5.75 Å². The van der Waals surface area contributed by atoms with Gasteiger partial charge in [0.25, 0.3) is 0 Å². The molecule has 4 rings (SSSR count). The summed E-state index contributed by atoms with van der Waals surface area (Å²) in [4.78, 5) is 13.1. The lowest BCUT2D eigenvalue weighted by atomic mass is 9.88.